The number of ether oxygens (including phenoxy) is 1. The van der Waals surface area contributed by atoms with E-state index in [1.807, 2.05) is 0 Å². The normalized spacial score (nSPS) is 10.0. The fourth-order valence-corrected chi connectivity index (χ4v) is 1.55. The van der Waals surface area contributed by atoms with Crippen LogP contribution in [0.25, 0.3) is 0 Å². The summed E-state index contributed by atoms with van der Waals surface area (Å²) < 4.78 is 5.44. The largest absolute Gasteiger partial charge is 0.396 e. The minimum absolute atomic E-state index is 0.361. The SMILES string of the molecule is CCCCCCO.CCCCCOCCCCC. The summed E-state index contributed by atoms with van der Waals surface area (Å²) >= 11 is 0. The summed E-state index contributed by atoms with van der Waals surface area (Å²) in [5.74, 6) is 0. The van der Waals surface area contributed by atoms with Gasteiger partial charge < -0.3 is 9.84 Å². The molecular formula is C16H36O2. The van der Waals surface area contributed by atoms with Crippen molar-refractivity contribution in [3.8, 4) is 0 Å². The predicted molar refractivity (Wildman–Crippen MR) is 81.1 cm³/mol. The van der Waals surface area contributed by atoms with Gasteiger partial charge in [0.2, 0.25) is 0 Å². The zero-order valence-corrected chi connectivity index (χ0v) is 13.0. The van der Waals surface area contributed by atoms with E-state index < -0.39 is 0 Å². The molecule has 18 heavy (non-hydrogen) atoms. The molecule has 0 fully saturated rings. The molecule has 0 unspecified atom stereocenters. The molecule has 0 bridgehead atoms. The van der Waals surface area contributed by atoms with Gasteiger partial charge in [-0.05, 0) is 19.3 Å². The average Bonchev–Trinajstić information content (AvgIpc) is 2.39. The summed E-state index contributed by atoms with van der Waals surface area (Å²) in [6, 6.07) is 0. The summed E-state index contributed by atoms with van der Waals surface area (Å²) in [7, 11) is 0. The molecule has 0 amide bonds. The highest BCUT2D eigenvalue weighted by Gasteiger charge is 1.88. The van der Waals surface area contributed by atoms with Crippen molar-refractivity contribution in [3.05, 3.63) is 0 Å². The Balaban J connectivity index is 0. The van der Waals surface area contributed by atoms with Crippen LogP contribution < -0.4 is 0 Å². The lowest BCUT2D eigenvalue weighted by Gasteiger charge is -2.01. The summed E-state index contributed by atoms with van der Waals surface area (Å²) in [5, 5.41) is 8.29. The van der Waals surface area contributed by atoms with Gasteiger partial charge >= 0.3 is 0 Å². The molecule has 2 nitrogen and oxygen atoms in total. The molecule has 0 spiro atoms. The molecule has 0 aromatic rings. The predicted octanol–water partition coefficient (Wildman–Crippen LogP) is 4.94. The van der Waals surface area contributed by atoms with E-state index in [0.717, 1.165) is 19.6 Å². The van der Waals surface area contributed by atoms with E-state index in [4.69, 9.17) is 9.84 Å². The summed E-state index contributed by atoms with van der Waals surface area (Å²) in [4.78, 5) is 0. The highest BCUT2D eigenvalue weighted by molar-refractivity contribution is 4.39. The van der Waals surface area contributed by atoms with E-state index in [9.17, 15) is 0 Å². The second kappa shape index (κ2) is 22.1. The Labute approximate surface area is 115 Å². The van der Waals surface area contributed by atoms with Gasteiger partial charge in [0, 0.05) is 19.8 Å². The molecule has 0 atom stereocenters. The Morgan fingerprint density at radius 2 is 1.06 bits per heavy atom. The summed E-state index contributed by atoms with van der Waals surface area (Å²) in [6.07, 6.45) is 12.4. The van der Waals surface area contributed by atoms with Crippen LogP contribution in [0.2, 0.25) is 0 Å². The van der Waals surface area contributed by atoms with Gasteiger partial charge in [0.15, 0.2) is 0 Å². The van der Waals surface area contributed by atoms with Crippen LogP contribution in [0.1, 0.15) is 85.0 Å². The van der Waals surface area contributed by atoms with E-state index >= 15 is 0 Å². The van der Waals surface area contributed by atoms with Gasteiger partial charge in [-0.2, -0.15) is 0 Å². The lowest BCUT2D eigenvalue weighted by molar-refractivity contribution is 0.126. The van der Waals surface area contributed by atoms with Crippen molar-refractivity contribution in [2.24, 2.45) is 0 Å². The zero-order valence-electron chi connectivity index (χ0n) is 13.0. The minimum Gasteiger partial charge on any atom is -0.396 e. The van der Waals surface area contributed by atoms with Gasteiger partial charge in [-0.1, -0.05) is 65.7 Å². The van der Waals surface area contributed by atoms with Crippen LogP contribution in [0.15, 0.2) is 0 Å². The van der Waals surface area contributed by atoms with Gasteiger partial charge in [-0.3, -0.25) is 0 Å². The van der Waals surface area contributed by atoms with Gasteiger partial charge in [-0.15, -0.1) is 0 Å². The maximum Gasteiger partial charge on any atom is 0.0466 e. The molecule has 0 saturated heterocycles. The highest BCUT2D eigenvalue weighted by Crippen LogP contribution is 1.97. The van der Waals surface area contributed by atoms with Crippen LogP contribution in [0, 0.1) is 0 Å². The van der Waals surface area contributed by atoms with E-state index in [-0.39, 0.29) is 0 Å². The summed E-state index contributed by atoms with van der Waals surface area (Å²) in [6.45, 7) is 8.90. The standard InChI is InChI=1S/C10H22O.C6H14O/c1-3-5-7-9-11-10-8-6-4-2;1-2-3-4-5-6-7/h3-10H2,1-2H3;7H,2-6H2,1H3. The van der Waals surface area contributed by atoms with Crippen LogP contribution in [0.5, 0.6) is 0 Å². The molecule has 0 aliphatic carbocycles. The van der Waals surface area contributed by atoms with Crippen molar-refractivity contribution in [3.63, 3.8) is 0 Å². The number of hydrogen-bond acceptors (Lipinski definition) is 2. The molecule has 0 aliphatic heterocycles. The fourth-order valence-electron chi connectivity index (χ4n) is 1.55. The van der Waals surface area contributed by atoms with Crippen molar-refractivity contribution in [1.29, 1.82) is 0 Å². The zero-order chi connectivity index (χ0) is 13.9. The average molecular weight is 260 g/mol. The Bertz CT molecular complexity index is 104. The Hall–Kier alpha value is -0.0800. The first kappa shape index (κ1) is 20.2. The molecule has 0 aromatic heterocycles. The third-order valence-corrected chi connectivity index (χ3v) is 2.80. The van der Waals surface area contributed by atoms with Crippen molar-refractivity contribution in [1.82, 2.24) is 0 Å². The summed E-state index contributed by atoms with van der Waals surface area (Å²) in [5.41, 5.74) is 0. The van der Waals surface area contributed by atoms with Gasteiger partial charge in [0.1, 0.15) is 0 Å². The quantitative estimate of drug-likeness (QED) is 0.503. The number of aliphatic hydroxyl groups is 1. The highest BCUT2D eigenvalue weighted by atomic mass is 16.5. The topological polar surface area (TPSA) is 29.5 Å². The molecule has 0 saturated carbocycles. The van der Waals surface area contributed by atoms with Crippen molar-refractivity contribution < 1.29 is 9.84 Å². The third kappa shape index (κ3) is 24.9. The van der Waals surface area contributed by atoms with Gasteiger partial charge in [-0.25, -0.2) is 0 Å². The molecule has 0 aromatic carbocycles. The lowest BCUT2D eigenvalue weighted by atomic mass is 10.2. The Kier molecular flexibility index (Phi) is 24.9. The molecule has 112 valence electrons. The van der Waals surface area contributed by atoms with Crippen LogP contribution >= 0.6 is 0 Å². The van der Waals surface area contributed by atoms with E-state index in [2.05, 4.69) is 20.8 Å². The minimum atomic E-state index is 0.361. The second-order valence-corrected chi connectivity index (χ2v) is 4.81. The molecule has 1 N–H and O–H groups in total. The van der Waals surface area contributed by atoms with Crippen LogP contribution in [0.3, 0.4) is 0 Å². The van der Waals surface area contributed by atoms with Crippen LogP contribution in [-0.2, 0) is 4.74 Å². The van der Waals surface area contributed by atoms with Crippen molar-refractivity contribution in [2.45, 2.75) is 85.0 Å². The lowest BCUT2D eigenvalue weighted by Crippen LogP contribution is -1.96. The number of aliphatic hydroxyl groups excluding tert-OH is 1. The van der Waals surface area contributed by atoms with Crippen molar-refractivity contribution in [2.75, 3.05) is 19.8 Å². The monoisotopic (exact) mass is 260 g/mol. The Morgan fingerprint density at radius 1 is 0.611 bits per heavy atom. The van der Waals surface area contributed by atoms with Crippen LogP contribution in [0.4, 0.5) is 0 Å². The molecule has 0 aliphatic rings. The molecular weight excluding hydrogens is 224 g/mol. The molecule has 2 heteroatoms. The van der Waals surface area contributed by atoms with E-state index in [0.29, 0.717) is 6.61 Å². The number of rotatable bonds is 12. The van der Waals surface area contributed by atoms with E-state index in [1.165, 1.54) is 57.8 Å². The van der Waals surface area contributed by atoms with E-state index in [1.54, 1.807) is 0 Å². The first-order valence-corrected chi connectivity index (χ1v) is 8.01. The van der Waals surface area contributed by atoms with Gasteiger partial charge in [0.05, 0.1) is 0 Å². The number of unbranched alkanes of at least 4 members (excludes halogenated alkanes) is 7. The molecule has 0 radical (unpaired) electrons. The fraction of sp³-hybridized carbons (Fsp3) is 1.00. The maximum absolute atomic E-state index is 8.29. The first-order chi connectivity index (χ1) is 8.83. The third-order valence-electron chi connectivity index (χ3n) is 2.80. The maximum atomic E-state index is 8.29. The number of hydrogen-bond donors (Lipinski definition) is 1. The van der Waals surface area contributed by atoms with Crippen LogP contribution in [-0.4, -0.2) is 24.9 Å². The smallest absolute Gasteiger partial charge is 0.0466 e. The second-order valence-electron chi connectivity index (χ2n) is 4.81. The first-order valence-electron chi connectivity index (χ1n) is 8.01. The van der Waals surface area contributed by atoms with Gasteiger partial charge in [0.25, 0.3) is 0 Å². The molecule has 0 heterocycles. The van der Waals surface area contributed by atoms with Crippen molar-refractivity contribution >= 4 is 0 Å². The Morgan fingerprint density at radius 3 is 1.44 bits per heavy atom. The molecule has 0 rings (SSSR count).